The zero-order valence-electron chi connectivity index (χ0n) is 10.4. The fourth-order valence-corrected chi connectivity index (χ4v) is 2.35. The van der Waals surface area contributed by atoms with Gasteiger partial charge in [0.2, 0.25) is 0 Å². The van der Waals surface area contributed by atoms with Crippen LogP contribution in [0.25, 0.3) is 0 Å². The second-order valence-electron chi connectivity index (χ2n) is 4.39. The normalized spacial score (nSPS) is 12.6. The van der Waals surface area contributed by atoms with Crippen molar-refractivity contribution in [3.05, 3.63) is 52.3 Å². The Kier molecular flexibility index (Phi) is 4.55. The van der Waals surface area contributed by atoms with E-state index in [2.05, 4.69) is 28.0 Å². The first-order valence-corrected chi connectivity index (χ1v) is 6.93. The lowest BCUT2D eigenvalue weighted by Crippen LogP contribution is -2.01. The monoisotopic (exact) mass is 308 g/mol. The molecule has 1 N–H and O–H groups in total. The number of nitrogens with zero attached hydrogens (tertiary/aromatic N) is 2. The van der Waals surface area contributed by atoms with Crippen LogP contribution in [0.3, 0.4) is 0 Å². The quantitative estimate of drug-likeness (QED) is 0.920. The topological polar surface area (TPSA) is 38.0 Å². The molecule has 1 aromatic heterocycles. The molecule has 0 saturated heterocycles. The molecule has 4 heteroatoms. The molecule has 0 aliphatic heterocycles. The summed E-state index contributed by atoms with van der Waals surface area (Å²) < 4.78 is 2.91. The van der Waals surface area contributed by atoms with Crippen LogP contribution < -0.4 is 0 Å². The molecule has 0 fully saturated rings. The molecule has 2 aromatic rings. The Labute approximate surface area is 116 Å². The van der Waals surface area contributed by atoms with Crippen molar-refractivity contribution in [2.75, 3.05) is 0 Å². The molecule has 96 valence electrons. The van der Waals surface area contributed by atoms with Gasteiger partial charge < -0.3 is 5.11 Å². The van der Waals surface area contributed by atoms with Gasteiger partial charge in [0.05, 0.1) is 12.3 Å². The van der Waals surface area contributed by atoms with Gasteiger partial charge in [0.1, 0.15) is 0 Å². The van der Waals surface area contributed by atoms with Crippen molar-refractivity contribution in [3.8, 4) is 0 Å². The number of aryl methyl sites for hydroxylation is 1. The van der Waals surface area contributed by atoms with Crippen LogP contribution in [0.5, 0.6) is 0 Å². The van der Waals surface area contributed by atoms with E-state index in [4.69, 9.17) is 0 Å². The van der Waals surface area contributed by atoms with E-state index in [-0.39, 0.29) is 0 Å². The minimum atomic E-state index is -0.495. The Bertz CT molecular complexity index is 510. The van der Waals surface area contributed by atoms with Gasteiger partial charge in [-0.1, -0.05) is 35.0 Å². The molecule has 0 radical (unpaired) electrons. The lowest BCUT2D eigenvalue weighted by molar-refractivity contribution is 0.178. The maximum atomic E-state index is 10.2. The molecule has 2 rings (SSSR count). The van der Waals surface area contributed by atoms with Gasteiger partial charge in [-0.3, -0.25) is 4.68 Å². The van der Waals surface area contributed by atoms with Crippen molar-refractivity contribution >= 4 is 15.9 Å². The maximum Gasteiger partial charge on any atom is 0.0860 e. The summed E-state index contributed by atoms with van der Waals surface area (Å²) in [6, 6.07) is 8.01. The summed E-state index contributed by atoms with van der Waals surface area (Å²) in [6.45, 7) is 3.00. The SMILES string of the molecule is CCCn1cc(C(O)Cc2cccc(Br)c2)cn1. The fraction of sp³-hybridized carbons (Fsp3) is 0.357. The smallest absolute Gasteiger partial charge is 0.0860 e. The van der Waals surface area contributed by atoms with Crippen LogP contribution in [-0.4, -0.2) is 14.9 Å². The van der Waals surface area contributed by atoms with E-state index in [1.807, 2.05) is 35.1 Å². The molecule has 0 aliphatic carbocycles. The van der Waals surface area contributed by atoms with Gasteiger partial charge >= 0.3 is 0 Å². The highest BCUT2D eigenvalue weighted by atomic mass is 79.9. The van der Waals surface area contributed by atoms with Gasteiger partial charge in [-0.15, -0.1) is 0 Å². The first-order valence-electron chi connectivity index (χ1n) is 6.14. The Morgan fingerprint density at radius 3 is 3.00 bits per heavy atom. The molecule has 18 heavy (non-hydrogen) atoms. The van der Waals surface area contributed by atoms with Crippen LogP contribution >= 0.6 is 15.9 Å². The van der Waals surface area contributed by atoms with E-state index in [1.54, 1.807) is 6.20 Å². The number of hydrogen-bond acceptors (Lipinski definition) is 2. The number of aliphatic hydroxyl groups is 1. The molecule has 1 aromatic carbocycles. The highest BCUT2D eigenvalue weighted by Gasteiger charge is 2.11. The lowest BCUT2D eigenvalue weighted by atomic mass is 10.0. The van der Waals surface area contributed by atoms with Crippen molar-refractivity contribution in [2.45, 2.75) is 32.4 Å². The van der Waals surface area contributed by atoms with Crippen LogP contribution in [0.4, 0.5) is 0 Å². The van der Waals surface area contributed by atoms with Gasteiger partial charge in [0, 0.05) is 29.2 Å². The number of halogens is 1. The summed E-state index contributed by atoms with van der Waals surface area (Å²) >= 11 is 3.43. The molecule has 0 bridgehead atoms. The minimum Gasteiger partial charge on any atom is -0.388 e. The van der Waals surface area contributed by atoms with E-state index in [1.165, 1.54) is 0 Å². The average Bonchev–Trinajstić information content (AvgIpc) is 2.78. The van der Waals surface area contributed by atoms with Gasteiger partial charge in [-0.25, -0.2) is 0 Å². The van der Waals surface area contributed by atoms with Crippen molar-refractivity contribution in [1.29, 1.82) is 0 Å². The van der Waals surface area contributed by atoms with E-state index in [9.17, 15) is 5.11 Å². The minimum absolute atomic E-state index is 0.495. The van der Waals surface area contributed by atoms with Crippen LogP contribution in [0.2, 0.25) is 0 Å². The molecule has 0 aliphatic rings. The Balaban J connectivity index is 2.04. The zero-order chi connectivity index (χ0) is 13.0. The number of rotatable bonds is 5. The summed E-state index contributed by atoms with van der Waals surface area (Å²) in [5.41, 5.74) is 1.99. The molecule has 1 heterocycles. The first-order chi connectivity index (χ1) is 8.69. The summed E-state index contributed by atoms with van der Waals surface area (Å²) in [7, 11) is 0. The van der Waals surface area contributed by atoms with Gasteiger partial charge in [-0.2, -0.15) is 5.10 Å². The Hall–Kier alpha value is -1.13. The van der Waals surface area contributed by atoms with E-state index >= 15 is 0 Å². The molecule has 0 amide bonds. The lowest BCUT2D eigenvalue weighted by Gasteiger charge is -2.08. The van der Waals surface area contributed by atoms with E-state index in [0.29, 0.717) is 6.42 Å². The molecular formula is C14H17BrN2O. The van der Waals surface area contributed by atoms with Gasteiger partial charge in [0.25, 0.3) is 0 Å². The van der Waals surface area contributed by atoms with Crippen molar-refractivity contribution in [1.82, 2.24) is 9.78 Å². The number of hydrogen-bond donors (Lipinski definition) is 1. The third-order valence-corrected chi connectivity index (χ3v) is 3.30. The molecule has 0 saturated carbocycles. The predicted molar refractivity (Wildman–Crippen MR) is 75.3 cm³/mol. The predicted octanol–water partition coefficient (Wildman–Crippen LogP) is 3.33. The third-order valence-electron chi connectivity index (χ3n) is 2.81. The summed E-state index contributed by atoms with van der Waals surface area (Å²) in [5.74, 6) is 0. The standard InChI is InChI=1S/C14H17BrN2O/c1-2-6-17-10-12(9-16-17)14(18)8-11-4-3-5-13(15)7-11/h3-5,7,9-10,14,18H,2,6,8H2,1H3. The largest absolute Gasteiger partial charge is 0.388 e. The number of aromatic nitrogens is 2. The second-order valence-corrected chi connectivity index (χ2v) is 5.30. The number of aliphatic hydroxyl groups excluding tert-OH is 1. The summed E-state index contributed by atoms with van der Waals surface area (Å²) in [4.78, 5) is 0. The summed E-state index contributed by atoms with van der Waals surface area (Å²) in [5, 5.41) is 14.4. The zero-order valence-corrected chi connectivity index (χ0v) is 12.0. The average molecular weight is 309 g/mol. The van der Waals surface area contributed by atoms with Crippen molar-refractivity contribution in [3.63, 3.8) is 0 Å². The van der Waals surface area contributed by atoms with Gasteiger partial charge in [-0.05, 0) is 24.1 Å². The molecular weight excluding hydrogens is 292 g/mol. The number of benzene rings is 1. The van der Waals surface area contributed by atoms with Crippen LogP contribution in [0, 0.1) is 0 Å². The van der Waals surface area contributed by atoms with Crippen molar-refractivity contribution < 1.29 is 5.11 Å². The third kappa shape index (κ3) is 3.43. The Morgan fingerprint density at radius 2 is 2.28 bits per heavy atom. The maximum absolute atomic E-state index is 10.2. The fourth-order valence-electron chi connectivity index (χ4n) is 1.91. The molecule has 0 spiro atoms. The highest BCUT2D eigenvalue weighted by Crippen LogP contribution is 2.20. The van der Waals surface area contributed by atoms with E-state index in [0.717, 1.165) is 28.6 Å². The first kappa shape index (κ1) is 13.3. The van der Waals surface area contributed by atoms with Crippen LogP contribution in [0.15, 0.2) is 41.1 Å². The molecule has 1 atom stereocenters. The Morgan fingerprint density at radius 1 is 1.44 bits per heavy atom. The highest BCUT2D eigenvalue weighted by molar-refractivity contribution is 9.10. The molecule has 3 nitrogen and oxygen atoms in total. The molecule has 1 unspecified atom stereocenters. The van der Waals surface area contributed by atoms with E-state index < -0.39 is 6.10 Å². The summed E-state index contributed by atoms with van der Waals surface area (Å²) in [6.07, 6.45) is 4.83. The van der Waals surface area contributed by atoms with Crippen molar-refractivity contribution in [2.24, 2.45) is 0 Å². The van der Waals surface area contributed by atoms with Gasteiger partial charge in [0.15, 0.2) is 0 Å². The second kappa shape index (κ2) is 6.16. The van der Waals surface area contributed by atoms with Crippen LogP contribution in [0.1, 0.15) is 30.6 Å². The van der Waals surface area contributed by atoms with Crippen LogP contribution in [-0.2, 0) is 13.0 Å².